The van der Waals surface area contributed by atoms with E-state index in [1.807, 2.05) is 0 Å². The molecule has 59 valence electrons. The molecule has 1 atom stereocenters. The summed E-state index contributed by atoms with van der Waals surface area (Å²) in [4.78, 5) is 0. The van der Waals surface area contributed by atoms with Gasteiger partial charge in [0.05, 0.1) is 6.61 Å². The van der Waals surface area contributed by atoms with Crippen LogP contribution in [0.1, 0.15) is 26.2 Å². The van der Waals surface area contributed by atoms with Crippen molar-refractivity contribution >= 4 is 0 Å². The van der Waals surface area contributed by atoms with E-state index in [-0.39, 0.29) is 0 Å². The van der Waals surface area contributed by atoms with Crippen LogP contribution in [0.4, 0.5) is 0 Å². The SMILES string of the molecule is [CH2]CC(C)(COC)C1CC1. The van der Waals surface area contributed by atoms with Gasteiger partial charge in [0, 0.05) is 7.11 Å². The summed E-state index contributed by atoms with van der Waals surface area (Å²) in [6.07, 6.45) is 3.77. The second-order valence-corrected chi connectivity index (χ2v) is 3.61. The molecule has 0 amide bonds. The lowest BCUT2D eigenvalue weighted by Gasteiger charge is -2.26. The van der Waals surface area contributed by atoms with E-state index in [1.54, 1.807) is 7.11 Å². The molecular weight excluding hydrogens is 124 g/mol. The fourth-order valence-electron chi connectivity index (χ4n) is 1.50. The first-order chi connectivity index (χ1) is 4.73. The van der Waals surface area contributed by atoms with Crippen molar-refractivity contribution in [2.75, 3.05) is 13.7 Å². The van der Waals surface area contributed by atoms with Crippen molar-refractivity contribution in [2.24, 2.45) is 11.3 Å². The van der Waals surface area contributed by atoms with Crippen molar-refractivity contribution in [2.45, 2.75) is 26.2 Å². The molecule has 1 nitrogen and oxygen atoms in total. The smallest absolute Gasteiger partial charge is 0.0518 e. The van der Waals surface area contributed by atoms with Gasteiger partial charge in [-0.05, 0) is 30.6 Å². The van der Waals surface area contributed by atoms with Crippen molar-refractivity contribution in [3.05, 3.63) is 6.92 Å². The third kappa shape index (κ3) is 1.51. The maximum Gasteiger partial charge on any atom is 0.0518 e. The van der Waals surface area contributed by atoms with Crippen LogP contribution < -0.4 is 0 Å². The summed E-state index contributed by atoms with van der Waals surface area (Å²) in [5, 5.41) is 0. The molecule has 0 N–H and O–H groups in total. The number of methoxy groups -OCH3 is 1. The molecular formula is C9H17O. The molecule has 1 heteroatoms. The molecule has 0 bridgehead atoms. The second kappa shape index (κ2) is 2.91. The maximum absolute atomic E-state index is 5.16. The third-order valence-corrected chi connectivity index (χ3v) is 2.61. The summed E-state index contributed by atoms with van der Waals surface area (Å²) < 4.78 is 5.16. The highest BCUT2D eigenvalue weighted by atomic mass is 16.5. The first-order valence-corrected chi connectivity index (χ1v) is 4.01. The zero-order valence-corrected chi connectivity index (χ0v) is 7.02. The highest BCUT2D eigenvalue weighted by molar-refractivity contribution is 4.91. The van der Waals surface area contributed by atoms with Crippen LogP contribution in [0, 0.1) is 18.3 Å². The molecule has 1 saturated carbocycles. The molecule has 10 heavy (non-hydrogen) atoms. The molecule has 1 fully saturated rings. The zero-order chi connectivity index (χ0) is 7.61. The highest BCUT2D eigenvalue weighted by Gasteiger charge is 2.39. The fraction of sp³-hybridized carbons (Fsp3) is 0.889. The summed E-state index contributed by atoms with van der Waals surface area (Å²) in [6.45, 7) is 7.11. The monoisotopic (exact) mass is 141 g/mol. The van der Waals surface area contributed by atoms with Gasteiger partial charge in [0.15, 0.2) is 0 Å². The number of hydrogen-bond acceptors (Lipinski definition) is 1. The second-order valence-electron chi connectivity index (χ2n) is 3.61. The molecule has 0 aliphatic heterocycles. The number of hydrogen-bond donors (Lipinski definition) is 0. The minimum Gasteiger partial charge on any atom is -0.384 e. The van der Waals surface area contributed by atoms with Gasteiger partial charge < -0.3 is 4.74 Å². The van der Waals surface area contributed by atoms with Crippen LogP contribution in [0.3, 0.4) is 0 Å². The largest absolute Gasteiger partial charge is 0.384 e. The first kappa shape index (κ1) is 8.06. The number of ether oxygens (including phenoxy) is 1. The van der Waals surface area contributed by atoms with E-state index in [2.05, 4.69) is 13.8 Å². The quantitative estimate of drug-likeness (QED) is 0.583. The molecule has 0 saturated heterocycles. The summed E-state index contributed by atoms with van der Waals surface area (Å²) in [5.41, 5.74) is 0.370. The molecule has 1 rings (SSSR count). The highest BCUT2D eigenvalue weighted by Crippen LogP contribution is 2.47. The molecule has 1 aliphatic rings. The van der Waals surface area contributed by atoms with Gasteiger partial charge in [-0.15, -0.1) is 0 Å². The van der Waals surface area contributed by atoms with E-state index >= 15 is 0 Å². The van der Waals surface area contributed by atoms with Crippen molar-refractivity contribution in [1.82, 2.24) is 0 Å². The van der Waals surface area contributed by atoms with Crippen LogP contribution in [0.15, 0.2) is 0 Å². The Labute approximate surface area is 63.8 Å². The summed E-state index contributed by atoms with van der Waals surface area (Å²) in [6, 6.07) is 0. The average Bonchev–Trinajstić information content (AvgIpc) is 2.69. The number of rotatable bonds is 4. The van der Waals surface area contributed by atoms with Gasteiger partial charge in [0.2, 0.25) is 0 Å². The Balaban J connectivity index is 2.39. The molecule has 0 spiro atoms. The average molecular weight is 141 g/mol. The topological polar surface area (TPSA) is 9.23 Å². The predicted octanol–water partition coefficient (Wildman–Crippen LogP) is 2.27. The lowest BCUT2D eigenvalue weighted by atomic mass is 9.83. The Kier molecular flexibility index (Phi) is 2.35. The zero-order valence-electron chi connectivity index (χ0n) is 7.02. The minimum absolute atomic E-state index is 0.370. The van der Waals surface area contributed by atoms with Gasteiger partial charge in [0.25, 0.3) is 0 Å². The lowest BCUT2D eigenvalue weighted by Crippen LogP contribution is -2.24. The lowest BCUT2D eigenvalue weighted by molar-refractivity contribution is 0.0771. The van der Waals surface area contributed by atoms with Crippen molar-refractivity contribution in [3.8, 4) is 0 Å². The molecule has 1 unspecified atom stereocenters. The molecule has 0 heterocycles. The van der Waals surface area contributed by atoms with Gasteiger partial charge in [-0.3, -0.25) is 0 Å². The van der Waals surface area contributed by atoms with Gasteiger partial charge in [-0.25, -0.2) is 0 Å². The van der Waals surface area contributed by atoms with E-state index < -0.39 is 0 Å². The van der Waals surface area contributed by atoms with Crippen molar-refractivity contribution < 1.29 is 4.74 Å². The maximum atomic E-state index is 5.16. The van der Waals surface area contributed by atoms with E-state index in [9.17, 15) is 0 Å². The predicted molar refractivity (Wildman–Crippen MR) is 42.7 cm³/mol. The van der Waals surface area contributed by atoms with Gasteiger partial charge >= 0.3 is 0 Å². The molecule has 0 aromatic rings. The fourth-order valence-corrected chi connectivity index (χ4v) is 1.50. The van der Waals surface area contributed by atoms with Crippen molar-refractivity contribution in [1.29, 1.82) is 0 Å². The van der Waals surface area contributed by atoms with Crippen LogP contribution in [0.5, 0.6) is 0 Å². The van der Waals surface area contributed by atoms with E-state index in [1.165, 1.54) is 12.8 Å². The molecule has 0 aromatic heterocycles. The van der Waals surface area contributed by atoms with E-state index in [0.717, 1.165) is 18.9 Å². The van der Waals surface area contributed by atoms with E-state index in [4.69, 9.17) is 4.74 Å². The molecule has 1 aliphatic carbocycles. The van der Waals surface area contributed by atoms with Gasteiger partial charge in [-0.1, -0.05) is 13.8 Å². The Morgan fingerprint density at radius 2 is 2.20 bits per heavy atom. The van der Waals surface area contributed by atoms with Crippen LogP contribution >= 0.6 is 0 Å². The van der Waals surface area contributed by atoms with Crippen LogP contribution in [0.2, 0.25) is 0 Å². The van der Waals surface area contributed by atoms with Crippen LogP contribution in [-0.4, -0.2) is 13.7 Å². The summed E-state index contributed by atoms with van der Waals surface area (Å²) in [5.74, 6) is 0.893. The standard InChI is InChI=1S/C9H17O/c1-4-9(2,7-10-3)8-5-6-8/h8H,1,4-7H2,2-3H3. The van der Waals surface area contributed by atoms with Crippen LogP contribution in [0.25, 0.3) is 0 Å². The van der Waals surface area contributed by atoms with Crippen molar-refractivity contribution in [3.63, 3.8) is 0 Å². The van der Waals surface area contributed by atoms with Gasteiger partial charge in [-0.2, -0.15) is 0 Å². The first-order valence-electron chi connectivity index (χ1n) is 4.01. The Morgan fingerprint density at radius 3 is 2.50 bits per heavy atom. The molecule has 0 aromatic carbocycles. The Bertz CT molecular complexity index is 107. The van der Waals surface area contributed by atoms with Gasteiger partial charge in [0.1, 0.15) is 0 Å². The normalized spacial score (nSPS) is 24.3. The minimum atomic E-state index is 0.370. The Morgan fingerprint density at radius 1 is 1.60 bits per heavy atom. The summed E-state index contributed by atoms with van der Waals surface area (Å²) in [7, 11) is 1.77. The Hall–Kier alpha value is -0.0400. The third-order valence-electron chi connectivity index (χ3n) is 2.61. The summed E-state index contributed by atoms with van der Waals surface area (Å²) >= 11 is 0. The van der Waals surface area contributed by atoms with E-state index in [0.29, 0.717) is 5.41 Å². The molecule has 1 radical (unpaired) electrons. The van der Waals surface area contributed by atoms with Crippen LogP contribution in [-0.2, 0) is 4.74 Å².